The first-order valence-electron chi connectivity index (χ1n) is 5.30. The SMILES string of the molecule is Nc1ncccc1CCc1cc(F)ccc1Cl. The first kappa shape index (κ1) is 11.9. The van der Waals surface area contributed by atoms with Gasteiger partial charge in [0.05, 0.1) is 0 Å². The smallest absolute Gasteiger partial charge is 0.126 e. The lowest BCUT2D eigenvalue weighted by molar-refractivity contribution is 0.625. The van der Waals surface area contributed by atoms with E-state index in [1.807, 2.05) is 12.1 Å². The average molecular weight is 251 g/mol. The fraction of sp³-hybridized carbons (Fsp3) is 0.154. The summed E-state index contributed by atoms with van der Waals surface area (Å²) < 4.78 is 13.1. The zero-order chi connectivity index (χ0) is 12.3. The number of benzene rings is 1. The second-order valence-electron chi connectivity index (χ2n) is 3.78. The Kier molecular flexibility index (Phi) is 3.59. The van der Waals surface area contributed by atoms with Gasteiger partial charge in [0.15, 0.2) is 0 Å². The zero-order valence-electron chi connectivity index (χ0n) is 9.16. The van der Waals surface area contributed by atoms with Gasteiger partial charge in [-0.3, -0.25) is 0 Å². The van der Waals surface area contributed by atoms with Crippen molar-refractivity contribution in [2.75, 3.05) is 5.73 Å². The van der Waals surface area contributed by atoms with Crippen molar-refractivity contribution in [2.24, 2.45) is 0 Å². The molecule has 2 aromatic rings. The van der Waals surface area contributed by atoms with Gasteiger partial charge in [-0.05, 0) is 48.2 Å². The summed E-state index contributed by atoms with van der Waals surface area (Å²) in [7, 11) is 0. The number of nitrogen functional groups attached to an aromatic ring is 1. The van der Waals surface area contributed by atoms with Crippen LogP contribution in [0.4, 0.5) is 10.2 Å². The fourth-order valence-corrected chi connectivity index (χ4v) is 1.88. The molecule has 4 heteroatoms. The van der Waals surface area contributed by atoms with Gasteiger partial charge >= 0.3 is 0 Å². The molecule has 1 heterocycles. The number of nitrogens with two attached hydrogens (primary N) is 1. The third-order valence-electron chi connectivity index (χ3n) is 2.60. The molecular formula is C13H12ClFN2. The van der Waals surface area contributed by atoms with Crippen LogP contribution in [0.15, 0.2) is 36.5 Å². The van der Waals surface area contributed by atoms with Crippen LogP contribution in [0.1, 0.15) is 11.1 Å². The highest BCUT2D eigenvalue weighted by Gasteiger charge is 2.04. The predicted octanol–water partition coefficient (Wildman–Crippen LogP) is 3.24. The quantitative estimate of drug-likeness (QED) is 0.908. The van der Waals surface area contributed by atoms with Gasteiger partial charge in [0.2, 0.25) is 0 Å². The maximum atomic E-state index is 13.1. The van der Waals surface area contributed by atoms with E-state index in [1.165, 1.54) is 12.1 Å². The molecule has 2 rings (SSSR count). The van der Waals surface area contributed by atoms with E-state index in [0.29, 0.717) is 23.7 Å². The Morgan fingerprint density at radius 1 is 1.18 bits per heavy atom. The van der Waals surface area contributed by atoms with Crippen molar-refractivity contribution >= 4 is 17.4 Å². The summed E-state index contributed by atoms with van der Waals surface area (Å²) in [5.41, 5.74) is 7.47. The minimum atomic E-state index is -0.274. The van der Waals surface area contributed by atoms with E-state index in [9.17, 15) is 4.39 Å². The van der Waals surface area contributed by atoms with E-state index in [-0.39, 0.29) is 5.82 Å². The maximum Gasteiger partial charge on any atom is 0.126 e. The lowest BCUT2D eigenvalue weighted by atomic mass is 10.0. The van der Waals surface area contributed by atoms with Crippen molar-refractivity contribution in [3.63, 3.8) is 0 Å². The molecule has 0 unspecified atom stereocenters. The molecule has 0 saturated heterocycles. The number of aromatic nitrogens is 1. The van der Waals surface area contributed by atoms with Crippen LogP contribution in [0, 0.1) is 5.82 Å². The topological polar surface area (TPSA) is 38.9 Å². The van der Waals surface area contributed by atoms with Crippen molar-refractivity contribution < 1.29 is 4.39 Å². The van der Waals surface area contributed by atoms with Gasteiger partial charge in [-0.25, -0.2) is 9.37 Å². The van der Waals surface area contributed by atoms with Crippen LogP contribution in [-0.2, 0) is 12.8 Å². The normalized spacial score (nSPS) is 10.5. The van der Waals surface area contributed by atoms with Crippen molar-refractivity contribution in [1.29, 1.82) is 0 Å². The Morgan fingerprint density at radius 2 is 1.94 bits per heavy atom. The second kappa shape index (κ2) is 5.15. The summed E-state index contributed by atoms with van der Waals surface area (Å²) in [6.07, 6.45) is 2.99. The van der Waals surface area contributed by atoms with Crippen LogP contribution >= 0.6 is 11.6 Å². The van der Waals surface area contributed by atoms with Crippen LogP contribution < -0.4 is 5.73 Å². The Hall–Kier alpha value is -1.61. The highest BCUT2D eigenvalue weighted by Crippen LogP contribution is 2.20. The van der Waals surface area contributed by atoms with E-state index in [2.05, 4.69) is 4.98 Å². The lowest BCUT2D eigenvalue weighted by Crippen LogP contribution is -1.99. The number of hydrogen-bond donors (Lipinski definition) is 1. The molecule has 1 aromatic carbocycles. The summed E-state index contributed by atoms with van der Waals surface area (Å²) >= 11 is 5.99. The Balaban J connectivity index is 2.12. The number of anilines is 1. The largest absolute Gasteiger partial charge is 0.383 e. The van der Waals surface area contributed by atoms with Crippen LogP contribution in [0.25, 0.3) is 0 Å². The van der Waals surface area contributed by atoms with Crippen molar-refractivity contribution in [3.8, 4) is 0 Å². The average Bonchev–Trinajstić information content (AvgIpc) is 2.32. The fourth-order valence-electron chi connectivity index (χ4n) is 1.67. The number of halogens is 2. The highest BCUT2D eigenvalue weighted by molar-refractivity contribution is 6.31. The Bertz CT molecular complexity index is 529. The van der Waals surface area contributed by atoms with E-state index in [4.69, 9.17) is 17.3 Å². The molecule has 0 spiro atoms. The first-order chi connectivity index (χ1) is 8.16. The molecule has 0 atom stereocenters. The number of hydrogen-bond acceptors (Lipinski definition) is 2. The van der Waals surface area contributed by atoms with Gasteiger partial charge < -0.3 is 5.73 Å². The molecule has 0 saturated carbocycles. The number of nitrogens with zero attached hydrogens (tertiary/aromatic N) is 1. The third-order valence-corrected chi connectivity index (χ3v) is 2.97. The molecule has 17 heavy (non-hydrogen) atoms. The molecule has 0 aliphatic heterocycles. The molecule has 0 aliphatic rings. The van der Waals surface area contributed by atoms with E-state index in [1.54, 1.807) is 12.3 Å². The lowest BCUT2D eigenvalue weighted by Gasteiger charge is -2.06. The third kappa shape index (κ3) is 2.94. The summed E-state index contributed by atoms with van der Waals surface area (Å²) in [5, 5.41) is 0.578. The van der Waals surface area contributed by atoms with E-state index >= 15 is 0 Å². The predicted molar refractivity (Wildman–Crippen MR) is 67.5 cm³/mol. The van der Waals surface area contributed by atoms with E-state index in [0.717, 1.165) is 11.1 Å². The number of rotatable bonds is 3. The van der Waals surface area contributed by atoms with Gasteiger partial charge in [-0.2, -0.15) is 0 Å². The molecule has 0 fully saturated rings. The van der Waals surface area contributed by atoms with Gasteiger partial charge in [0, 0.05) is 11.2 Å². The molecule has 0 bridgehead atoms. The Labute approximate surface area is 104 Å². The second-order valence-corrected chi connectivity index (χ2v) is 4.19. The highest BCUT2D eigenvalue weighted by atomic mass is 35.5. The molecule has 88 valence electrons. The Morgan fingerprint density at radius 3 is 2.71 bits per heavy atom. The van der Waals surface area contributed by atoms with Gasteiger partial charge in [0.25, 0.3) is 0 Å². The molecular weight excluding hydrogens is 239 g/mol. The summed E-state index contributed by atoms with van der Waals surface area (Å²) in [6.45, 7) is 0. The standard InChI is InChI=1S/C13H12ClFN2/c14-12-6-5-11(15)8-10(12)4-3-9-2-1-7-17-13(9)16/h1-2,5-8H,3-4H2,(H2,16,17). The summed E-state index contributed by atoms with van der Waals surface area (Å²) in [4.78, 5) is 4.00. The monoisotopic (exact) mass is 250 g/mol. The van der Waals surface area contributed by atoms with Crippen molar-refractivity contribution in [1.82, 2.24) is 4.98 Å². The summed E-state index contributed by atoms with van der Waals surface area (Å²) in [6, 6.07) is 8.12. The molecule has 0 aliphatic carbocycles. The minimum absolute atomic E-state index is 0.274. The van der Waals surface area contributed by atoms with Gasteiger partial charge in [0.1, 0.15) is 11.6 Å². The van der Waals surface area contributed by atoms with Crippen molar-refractivity contribution in [2.45, 2.75) is 12.8 Å². The van der Waals surface area contributed by atoms with Crippen LogP contribution in [-0.4, -0.2) is 4.98 Å². The minimum Gasteiger partial charge on any atom is -0.383 e. The molecule has 2 N–H and O–H groups in total. The van der Waals surface area contributed by atoms with Gasteiger partial charge in [-0.15, -0.1) is 0 Å². The van der Waals surface area contributed by atoms with E-state index < -0.39 is 0 Å². The first-order valence-corrected chi connectivity index (χ1v) is 5.68. The molecule has 0 radical (unpaired) electrons. The number of aryl methyl sites for hydroxylation is 2. The van der Waals surface area contributed by atoms with Crippen LogP contribution in [0.5, 0.6) is 0 Å². The molecule has 2 nitrogen and oxygen atoms in total. The molecule has 0 amide bonds. The van der Waals surface area contributed by atoms with Crippen LogP contribution in [0.2, 0.25) is 5.02 Å². The zero-order valence-corrected chi connectivity index (χ0v) is 9.91. The maximum absolute atomic E-state index is 13.1. The van der Waals surface area contributed by atoms with Gasteiger partial charge in [-0.1, -0.05) is 17.7 Å². The number of pyridine rings is 1. The molecule has 1 aromatic heterocycles. The van der Waals surface area contributed by atoms with Crippen LogP contribution in [0.3, 0.4) is 0 Å². The summed E-state index contributed by atoms with van der Waals surface area (Å²) in [5.74, 6) is 0.239. The van der Waals surface area contributed by atoms with Crippen molar-refractivity contribution in [3.05, 3.63) is 58.5 Å².